The van der Waals surface area contributed by atoms with Gasteiger partial charge in [0, 0.05) is 0 Å². The minimum Gasteiger partial charge on any atom is -0.394 e. The summed E-state index contributed by atoms with van der Waals surface area (Å²) < 4.78 is 38.5. The van der Waals surface area contributed by atoms with Crippen molar-refractivity contribution < 1.29 is 42.3 Å². The van der Waals surface area contributed by atoms with E-state index >= 15 is 0 Å². The molecular formula is C7H14O9S. The first-order valence-electron chi connectivity index (χ1n) is 4.68. The number of aliphatic hydroxyl groups is 4. The van der Waals surface area contributed by atoms with Gasteiger partial charge in [0.05, 0.1) is 13.2 Å². The molecule has 17 heavy (non-hydrogen) atoms. The Kier molecular flexibility index (Phi) is 4.80. The summed E-state index contributed by atoms with van der Waals surface area (Å²) in [6.45, 7) is -1.12. The minimum atomic E-state index is -4.83. The molecule has 5 N–H and O–H groups in total. The summed E-state index contributed by atoms with van der Waals surface area (Å²) in [6, 6.07) is 0. The molecule has 5 atom stereocenters. The Labute approximate surface area is 97.2 Å². The molecule has 0 aromatic rings. The normalized spacial score (nSPS) is 33.6. The molecule has 0 radical (unpaired) electrons. The van der Waals surface area contributed by atoms with Gasteiger partial charge in [-0.2, -0.15) is 8.42 Å². The predicted molar refractivity (Wildman–Crippen MR) is 51.3 cm³/mol. The monoisotopic (exact) mass is 274 g/mol. The molecular weight excluding hydrogens is 260 g/mol. The van der Waals surface area contributed by atoms with E-state index in [0.717, 1.165) is 0 Å². The highest BCUT2D eigenvalue weighted by Gasteiger charge is 2.45. The Morgan fingerprint density at radius 3 is 2.47 bits per heavy atom. The van der Waals surface area contributed by atoms with Gasteiger partial charge in [-0.3, -0.25) is 4.55 Å². The van der Waals surface area contributed by atoms with Crippen LogP contribution in [0.1, 0.15) is 0 Å². The van der Waals surface area contributed by atoms with E-state index in [4.69, 9.17) is 19.5 Å². The number of hydrogen-bond acceptors (Lipinski definition) is 8. The first-order chi connectivity index (χ1) is 7.76. The largest absolute Gasteiger partial charge is 0.397 e. The van der Waals surface area contributed by atoms with E-state index < -0.39 is 47.5 Å². The Morgan fingerprint density at radius 1 is 1.41 bits per heavy atom. The zero-order valence-corrected chi connectivity index (χ0v) is 9.39. The van der Waals surface area contributed by atoms with Crippen LogP contribution in [0.25, 0.3) is 0 Å². The van der Waals surface area contributed by atoms with Crippen LogP contribution in [-0.2, 0) is 19.3 Å². The zero-order chi connectivity index (χ0) is 13.2. The third-order valence-electron chi connectivity index (χ3n) is 2.31. The van der Waals surface area contributed by atoms with Gasteiger partial charge in [0.15, 0.2) is 0 Å². The maximum atomic E-state index is 10.5. The zero-order valence-electron chi connectivity index (χ0n) is 8.58. The Balaban J connectivity index is 2.77. The van der Waals surface area contributed by atoms with Gasteiger partial charge < -0.3 is 25.2 Å². The number of hydrogen-bond donors (Lipinski definition) is 5. The number of rotatable bonds is 5. The van der Waals surface area contributed by atoms with E-state index in [1.54, 1.807) is 0 Å². The fraction of sp³-hybridized carbons (Fsp3) is 1.00. The van der Waals surface area contributed by atoms with E-state index in [0.29, 0.717) is 0 Å². The fourth-order valence-electron chi connectivity index (χ4n) is 1.50. The van der Waals surface area contributed by atoms with E-state index in [2.05, 4.69) is 4.18 Å². The number of aliphatic hydroxyl groups excluding tert-OH is 4. The van der Waals surface area contributed by atoms with Crippen LogP contribution in [0.3, 0.4) is 0 Å². The van der Waals surface area contributed by atoms with Gasteiger partial charge in [-0.05, 0) is 0 Å². The van der Waals surface area contributed by atoms with Crippen molar-refractivity contribution in [1.29, 1.82) is 0 Å². The van der Waals surface area contributed by atoms with Crippen molar-refractivity contribution in [3.8, 4) is 0 Å². The van der Waals surface area contributed by atoms with Crippen molar-refractivity contribution in [2.75, 3.05) is 13.2 Å². The van der Waals surface area contributed by atoms with Crippen molar-refractivity contribution in [2.24, 2.45) is 0 Å². The van der Waals surface area contributed by atoms with Crippen LogP contribution in [0.4, 0.5) is 0 Å². The quantitative estimate of drug-likeness (QED) is 0.323. The highest BCUT2D eigenvalue weighted by atomic mass is 32.3. The Hall–Kier alpha value is -0.330. The first-order valence-corrected chi connectivity index (χ1v) is 6.05. The molecule has 1 rings (SSSR count). The van der Waals surface area contributed by atoms with Crippen LogP contribution in [0, 0.1) is 0 Å². The molecule has 0 saturated carbocycles. The predicted octanol–water partition coefficient (Wildman–Crippen LogP) is -3.35. The van der Waals surface area contributed by atoms with Crippen LogP contribution in [0.5, 0.6) is 0 Å². The van der Waals surface area contributed by atoms with E-state index in [1.165, 1.54) is 0 Å². The fourth-order valence-corrected chi connectivity index (χ4v) is 2.02. The standard InChI is InChI=1S/C7H14O9S/c8-1-3(9)5(11)7-6(4(10)2-15-7)16-17(12,13)14/h3-11H,1-2H2,(H,12,13,14)/t3-,4+,5+,6+,7+/m0/s1. The first kappa shape index (κ1) is 14.7. The molecule has 1 aliphatic rings. The second kappa shape index (κ2) is 5.54. The molecule has 0 spiro atoms. The van der Waals surface area contributed by atoms with Gasteiger partial charge in [-0.1, -0.05) is 0 Å². The van der Waals surface area contributed by atoms with Crippen molar-refractivity contribution in [3.63, 3.8) is 0 Å². The van der Waals surface area contributed by atoms with Gasteiger partial charge in [0.25, 0.3) is 0 Å². The average Bonchev–Trinajstić information content (AvgIpc) is 2.56. The molecule has 1 heterocycles. The molecule has 0 bridgehead atoms. The smallest absolute Gasteiger partial charge is 0.394 e. The van der Waals surface area contributed by atoms with Crippen LogP contribution < -0.4 is 0 Å². The molecule has 1 fully saturated rings. The Morgan fingerprint density at radius 2 is 2.00 bits per heavy atom. The molecule has 0 unspecified atom stereocenters. The SMILES string of the molecule is O=S(=O)(O)O[C@H]1[C@@H]([C@H](O)[C@@H](O)CO)OC[C@H]1O. The summed E-state index contributed by atoms with van der Waals surface area (Å²) in [4.78, 5) is 0. The molecule has 1 aliphatic heterocycles. The van der Waals surface area contributed by atoms with E-state index in [1.807, 2.05) is 0 Å². The lowest BCUT2D eigenvalue weighted by Crippen LogP contribution is -2.47. The van der Waals surface area contributed by atoms with Crippen LogP contribution in [0.2, 0.25) is 0 Å². The van der Waals surface area contributed by atoms with Crippen LogP contribution in [0.15, 0.2) is 0 Å². The number of ether oxygens (including phenoxy) is 1. The second-order valence-electron chi connectivity index (χ2n) is 3.59. The summed E-state index contributed by atoms with van der Waals surface area (Å²) in [6.07, 6.45) is -7.57. The average molecular weight is 274 g/mol. The van der Waals surface area contributed by atoms with Crippen LogP contribution in [-0.4, -0.2) is 77.1 Å². The summed E-state index contributed by atoms with van der Waals surface area (Å²) in [5, 5.41) is 36.6. The molecule has 102 valence electrons. The van der Waals surface area contributed by atoms with Crippen molar-refractivity contribution in [3.05, 3.63) is 0 Å². The summed E-state index contributed by atoms with van der Waals surface area (Å²) >= 11 is 0. The topological polar surface area (TPSA) is 154 Å². The van der Waals surface area contributed by atoms with Gasteiger partial charge in [-0.15, -0.1) is 0 Å². The second-order valence-corrected chi connectivity index (χ2v) is 4.64. The molecule has 1 saturated heterocycles. The molecule has 0 aromatic heterocycles. The van der Waals surface area contributed by atoms with Crippen LogP contribution >= 0.6 is 0 Å². The van der Waals surface area contributed by atoms with Gasteiger partial charge in [0.2, 0.25) is 0 Å². The third-order valence-corrected chi connectivity index (χ3v) is 2.78. The van der Waals surface area contributed by atoms with Gasteiger partial charge in [-0.25, -0.2) is 4.18 Å². The van der Waals surface area contributed by atoms with Crippen molar-refractivity contribution >= 4 is 10.4 Å². The lowest BCUT2D eigenvalue weighted by Gasteiger charge is -2.25. The molecule has 10 heteroatoms. The Bertz CT molecular complexity index is 341. The molecule has 9 nitrogen and oxygen atoms in total. The van der Waals surface area contributed by atoms with Gasteiger partial charge in [0.1, 0.15) is 30.5 Å². The van der Waals surface area contributed by atoms with E-state index in [9.17, 15) is 18.6 Å². The summed E-state index contributed by atoms with van der Waals surface area (Å²) in [7, 11) is -4.83. The maximum absolute atomic E-state index is 10.5. The van der Waals surface area contributed by atoms with Crippen molar-refractivity contribution in [2.45, 2.75) is 30.5 Å². The molecule has 0 aromatic carbocycles. The lowest BCUT2D eigenvalue weighted by molar-refractivity contribution is -0.105. The molecule has 0 amide bonds. The lowest BCUT2D eigenvalue weighted by atomic mass is 10.0. The van der Waals surface area contributed by atoms with Crippen molar-refractivity contribution in [1.82, 2.24) is 0 Å². The molecule has 0 aliphatic carbocycles. The highest BCUT2D eigenvalue weighted by molar-refractivity contribution is 7.80. The van der Waals surface area contributed by atoms with E-state index in [-0.39, 0.29) is 6.61 Å². The highest BCUT2D eigenvalue weighted by Crippen LogP contribution is 2.23. The maximum Gasteiger partial charge on any atom is 0.397 e. The summed E-state index contributed by atoms with van der Waals surface area (Å²) in [5.74, 6) is 0. The van der Waals surface area contributed by atoms with Gasteiger partial charge >= 0.3 is 10.4 Å². The minimum absolute atomic E-state index is 0.333. The third kappa shape index (κ3) is 3.82. The summed E-state index contributed by atoms with van der Waals surface area (Å²) in [5.41, 5.74) is 0.